The zero-order valence-electron chi connectivity index (χ0n) is 19.3. The van der Waals surface area contributed by atoms with Crippen molar-refractivity contribution in [3.63, 3.8) is 0 Å². The van der Waals surface area contributed by atoms with Gasteiger partial charge in [0.05, 0.1) is 12.2 Å². The topological polar surface area (TPSA) is 88.7 Å². The third-order valence-corrected chi connectivity index (χ3v) is 5.27. The van der Waals surface area contributed by atoms with Gasteiger partial charge in [0, 0.05) is 0 Å². The lowest BCUT2D eigenvalue weighted by Crippen LogP contribution is -2.51. The number of benzene rings is 3. The Morgan fingerprint density at radius 2 is 1.68 bits per heavy atom. The molecule has 178 valence electrons. The van der Waals surface area contributed by atoms with Crippen LogP contribution in [-0.4, -0.2) is 29.6 Å². The van der Waals surface area contributed by atoms with Crippen molar-refractivity contribution in [2.75, 3.05) is 6.61 Å². The molecular formula is C26H29N3O4S. The summed E-state index contributed by atoms with van der Waals surface area (Å²) in [6.07, 6.45) is 2.27. The molecule has 3 rings (SSSR count). The Hall–Kier alpha value is -3.65. The first-order valence-electron chi connectivity index (χ1n) is 11.3. The van der Waals surface area contributed by atoms with Gasteiger partial charge in [-0.25, -0.2) is 0 Å². The predicted molar refractivity (Wildman–Crippen MR) is 137 cm³/mol. The molecule has 2 amide bonds. The Labute approximate surface area is 204 Å². The molecule has 3 aromatic rings. The zero-order valence-corrected chi connectivity index (χ0v) is 20.1. The van der Waals surface area contributed by atoms with E-state index in [1.165, 1.54) is 0 Å². The van der Waals surface area contributed by atoms with Crippen LogP contribution in [0.1, 0.15) is 43.5 Å². The molecule has 0 saturated carbocycles. The fraction of sp³-hybridized carbons (Fsp3) is 0.269. The first-order valence-corrected chi connectivity index (χ1v) is 11.7. The molecule has 7 nitrogen and oxygen atoms in total. The molecule has 1 unspecified atom stereocenters. The van der Waals surface area contributed by atoms with Gasteiger partial charge in [0.25, 0.3) is 11.8 Å². The van der Waals surface area contributed by atoms with Crippen LogP contribution in [0.2, 0.25) is 0 Å². The van der Waals surface area contributed by atoms with Gasteiger partial charge in [0.15, 0.2) is 11.2 Å². The second-order valence-corrected chi connectivity index (χ2v) is 8.13. The van der Waals surface area contributed by atoms with Crippen molar-refractivity contribution in [2.45, 2.75) is 39.2 Å². The van der Waals surface area contributed by atoms with Crippen molar-refractivity contribution in [2.24, 2.45) is 0 Å². The normalized spacial score (nSPS) is 11.4. The number of nitrogens with one attached hydrogen (secondary N) is 3. The number of fused-ring (bicyclic) bond motifs is 1. The SMILES string of the molecule is CCCCCOc1ccccc1C(=O)NC(=S)NNC(=O)C(C)Oc1ccc2ccccc2c1. The number of ether oxygens (including phenoxy) is 2. The van der Waals surface area contributed by atoms with Crippen molar-refractivity contribution in [3.05, 3.63) is 72.3 Å². The fourth-order valence-electron chi connectivity index (χ4n) is 3.23. The number of hydrogen-bond acceptors (Lipinski definition) is 5. The first-order chi connectivity index (χ1) is 16.5. The molecule has 0 radical (unpaired) electrons. The van der Waals surface area contributed by atoms with Gasteiger partial charge in [-0.1, -0.05) is 62.2 Å². The van der Waals surface area contributed by atoms with E-state index in [1.54, 1.807) is 31.2 Å². The maximum atomic E-state index is 12.6. The lowest BCUT2D eigenvalue weighted by Gasteiger charge is -2.17. The van der Waals surface area contributed by atoms with Crippen LogP contribution < -0.4 is 25.6 Å². The van der Waals surface area contributed by atoms with Crippen LogP contribution in [0.25, 0.3) is 10.8 Å². The number of hydrazine groups is 1. The third-order valence-electron chi connectivity index (χ3n) is 5.07. The number of para-hydroxylation sites is 1. The maximum absolute atomic E-state index is 12.6. The molecule has 3 aromatic carbocycles. The molecule has 0 heterocycles. The van der Waals surface area contributed by atoms with Gasteiger partial charge in [-0.05, 0) is 60.6 Å². The average Bonchev–Trinajstić information content (AvgIpc) is 2.85. The molecule has 0 aromatic heterocycles. The predicted octanol–water partition coefficient (Wildman–Crippen LogP) is 4.51. The molecule has 0 bridgehead atoms. The highest BCUT2D eigenvalue weighted by molar-refractivity contribution is 7.80. The van der Waals surface area contributed by atoms with E-state index in [2.05, 4.69) is 23.1 Å². The van der Waals surface area contributed by atoms with E-state index < -0.39 is 17.9 Å². The van der Waals surface area contributed by atoms with E-state index in [0.717, 1.165) is 30.0 Å². The molecule has 0 aliphatic rings. The van der Waals surface area contributed by atoms with Crippen LogP contribution in [0.4, 0.5) is 0 Å². The van der Waals surface area contributed by atoms with Crippen molar-refractivity contribution in [1.82, 2.24) is 16.2 Å². The lowest BCUT2D eigenvalue weighted by molar-refractivity contribution is -0.127. The maximum Gasteiger partial charge on any atom is 0.279 e. The molecule has 34 heavy (non-hydrogen) atoms. The fourth-order valence-corrected chi connectivity index (χ4v) is 3.38. The second-order valence-electron chi connectivity index (χ2n) is 7.72. The summed E-state index contributed by atoms with van der Waals surface area (Å²) in [6.45, 7) is 4.27. The van der Waals surface area contributed by atoms with Crippen LogP contribution in [0.5, 0.6) is 11.5 Å². The van der Waals surface area contributed by atoms with Crippen LogP contribution in [-0.2, 0) is 4.79 Å². The van der Waals surface area contributed by atoms with Crippen LogP contribution >= 0.6 is 12.2 Å². The Balaban J connectivity index is 1.48. The minimum Gasteiger partial charge on any atom is -0.493 e. The Kier molecular flexibility index (Phi) is 9.22. The van der Waals surface area contributed by atoms with Crippen LogP contribution in [0, 0.1) is 0 Å². The van der Waals surface area contributed by atoms with Crippen molar-refractivity contribution < 1.29 is 19.1 Å². The standard InChI is InChI=1S/C26H29N3O4S/c1-3-4-9-16-32-23-13-8-7-12-22(23)25(31)27-26(34)29-28-24(30)18(2)33-21-15-14-19-10-5-6-11-20(19)17-21/h5-8,10-15,17-18H,3-4,9,16H2,1-2H3,(H,28,30)(H2,27,29,31,34). The second kappa shape index (κ2) is 12.6. The highest BCUT2D eigenvalue weighted by Crippen LogP contribution is 2.21. The molecule has 8 heteroatoms. The monoisotopic (exact) mass is 479 g/mol. The van der Waals surface area contributed by atoms with Crippen molar-refractivity contribution >= 4 is 39.9 Å². The molecule has 0 aliphatic heterocycles. The summed E-state index contributed by atoms with van der Waals surface area (Å²) < 4.78 is 11.5. The van der Waals surface area contributed by atoms with E-state index in [0.29, 0.717) is 23.7 Å². The molecule has 3 N–H and O–H groups in total. The van der Waals surface area contributed by atoms with Gasteiger partial charge in [-0.15, -0.1) is 0 Å². The minimum atomic E-state index is -0.788. The molecule has 1 atom stereocenters. The molecular weight excluding hydrogens is 450 g/mol. The number of unbranched alkanes of at least 4 members (excludes halogenated alkanes) is 2. The van der Waals surface area contributed by atoms with Crippen LogP contribution in [0.3, 0.4) is 0 Å². The number of thiocarbonyl (C=S) groups is 1. The van der Waals surface area contributed by atoms with Crippen LogP contribution in [0.15, 0.2) is 66.7 Å². The number of rotatable bonds is 9. The summed E-state index contributed by atoms with van der Waals surface area (Å²) in [5, 5.41) is 4.61. The largest absolute Gasteiger partial charge is 0.493 e. The summed E-state index contributed by atoms with van der Waals surface area (Å²) in [7, 11) is 0. The van der Waals surface area contributed by atoms with Gasteiger partial charge in [0.2, 0.25) is 0 Å². The summed E-state index contributed by atoms with van der Waals surface area (Å²) in [6, 6.07) is 20.5. The number of carbonyl (C=O) groups excluding carboxylic acids is 2. The van der Waals surface area contributed by atoms with Gasteiger partial charge in [-0.2, -0.15) is 0 Å². The van der Waals surface area contributed by atoms with E-state index in [4.69, 9.17) is 21.7 Å². The number of carbonyl (C=O) groups is 2. The van der Waals surface area contributed by atoms with E-state index in [1.807, 2.05) is 42.5 Å². The van der Waals surface area contributed by atoms with Gasteiger partial charge in [-0.3, -0.25) is 25.8 Å². The summed E-state index contributed by atoms with van der Waals surface area (Å²) in [5.41, 5.74) is 5.36. The Morgan fingerprint density at radius 1 is 0.941 bits per heavy atom. The average molecular weight is 480 g/mol. The lowest BCUT2D eigenvalue weighted by atomic mass is 10.1. The first kappa shape index (κ1) is 25.0. The molecule has 0 fully saturated rings. The quantitative estimate of drug-likeness (QED) is 0.238. The summed E-state index contributed by atoms with van der Waals surface area (Å²) in [4.78, 5) is 25.0. The molecule has 0 saturated heterocycles. The van der Waals surface area contributed by atoms with Gasteiger partial charge < -0.3 is 9.47 Å². The highest BCUT2D eigenvalue weighted by atomic mass is 32.1. The Bertz CT molecular complexity index is 1150. The number of amides is 2. The van der Waals surface area contributed by atoms with Gasteiger partial charge >= 0.3 is 0 Å². The van der Waals surface area contributed by atoms with E-state index >= 15 is 0 Å². The van der Waals surface area contributed by atoms with Crippen molar-refractivity contribution in [1.29, 1.82) is 0 Å². The highest BCUT2D eigenvalue weighted by Gasteiger charge is 2.17. The summed E-state index contributed by atoms with van der Waals surface area (Å²) in [5.74, 6) is 0.191. The summed E-state index contributed by atoms with van der Waals surface area (Å²) >= 11 is 5.14. The Morgan fingerprint density at radius 3 is 2.47 bits per heavy atom. The van der Waals surface area contributed by atoms with E-state index in [-0.39, 0.29) is 5.11 Å². The van der Waals surface area contributed by atoms with Gasteiger partial charge in [0.1, 0.15) is 11.5 Å². The minimum absolute atomic E-state index is 0.0444. The molecule has 0 spiro atoms. The third kappa shape index (κ3) is 7.18. The zero-order chi connectivity index (χ0) is 24.3. The van der Waals surface area contributed by atoms with Crippen molar-refractivity contribution in [3.8, 4) is 11.5 Å². The molecule has 0 aliphatic carbocycles. The van der Waals surface area contributed by atoms with E-state index in [9.17, 15) is 9.59 Å². The smallest absolute Gasteiger partial charge is 0.279 e. The number of hydrogen-bond donors (Lipinski definition) is 3.